The van der Waals surface area contributed by atoms with Crippen molar-refractivity contribution in [2.75, 3.05) is 0 Å². The number of carbonyl (C=O) groups excluding carboxylic acids is 1. The number of aryl methyl sites for hydroxylation is 2. The largest absolute Gasteiger partial charge is 0.411 e. The molecule has 4 heteroatoms. The quantitative estimate of drug-likeness (QED) is 0.863. The van der Waals surface area contributed by atoms with Gasteiger partial charge in [0.15, 0.2) is 0 Å². The maximum absolute atomic E-state index is 10.6. The van der Waals surface area contributed by atoms with Gasteiger partial charge in [-0.25, -0.2) is 4.79 Å². The Hall–Kier alpha value is -1.94. The molecule has 0 heterocycles. The van der Waals surface area contributed by atoms with E-state index in [1.807, 2.05) is 12.1 Å². The minimum absolute atomic E-state index is 0.466. The second-order valence-corrected chi connectivity index (χ2v) is 5.66. The van der Waals surface area contributed by atoms with E-state index in [4.69, 9.17) is 10.5 Å². The Labute approximate surface area is 123 Å². The molecule has 0 saturated heterocycles. The molecular weight excluding hydrogens is 270 g/mol. The van der Waals surface area contributed by atoms with Gasteiger partial charge in [0.25, 0.3) is 0 Å². The smallest absolute Gasteiger partial charge is 0.409 e. The predicted octanol–water partition coefficient (Wildman–Crippen LogP) is 4.05. The average molecular weight is 287 g/mol. The van der Waals surface area contributed by atoms with Crippen LogP contribution in [0, 0.1) is 13.8 Å². The molecule has 104 valence electrons. The van der Waals surface area contributed by atoms with Crippen molar-refractivity contribution in [3.63, 3.8) is 0 Å². The van der Waals surface area contributed by atoms with Crippen molar-refractivity contribution < 1.29 is 9.53 Å². The summed E-state index contributed by atoms with van der Waals surface area (Å²) < 4.78 is 4.79. The zero-order valence-corrected chi connectivity index (χ0v) is 12.4. The van der Waals surface area contributed by atoms with Gasteiger partial charge in [-0.2, -0.15) is 0 Å². The maximum atomic E-state index is 10.6. The second-order valence-electron chi connectivity index (χ2n) is 4.61. The van der Waals surface area contributed by atoms with E-state index >= 15 is 0 Å². The number of hydrogen-bond donors (Lipinski definition) is 1. The molecule has 0 radical (unpaired) electrons. The number of rotatable bonds is 4. The fourth-order valence-corrected chi connectivity index (χ4v) is 2.86. The van der Waals surface area contributed by atoms with Crippen LogP contribution in [0.2, 0.25) is 0 Å². The molecule has 0 spiro atoms. The first kappa shape index (κ1) is 14.5. The first-order valence-corrected chi connectivity index (χ1v) is 7.29. The van der Waals surface area contributed by atoms with Crippen LogP contribution >= 0.6 is 11.8 Å². The summed E-state index contributed by atoms with van der Waals surface area (Å²) in [7, 11) is 0. The molecule has 3 nitrogen and oxygen atoms in total. The number of ether oxygens (including phenoxy) is 1. The summed E-state index contributed by atoms with van der Waals surface area (Å²) in [6.07, 6.45) is -0.791. The molecule has 20 heavy (non-hydrogen) atoms. The molecule has 0 atom stereocenters. The maximum Gasteiger partial charge on any atom is 0.409 e. The van der Waals surface area contributed by atoms with Gasteiger partial charge >= 0.3 is 6.09 Å². The summed E-state index contributed by atoms with van der Waals surface area (Å²) in [5, 5.41) is 0. The third-order valence-corrected chi connectivity index (χ3v) is 4.00. The monoisotopic (exact) mass is 287 g/mol. The van der Waals surface area contributed by atoms with Crippen LogP contribution in [0.15, 0.2) is 47.4 Å². The standard InChI is InChI=1S/C16H17NO2S/c1-11-3-4-13(12(2)9-11)10-20-15-7-5-14(6-8-15)19-16(17)18/h3-9H,10H2,1-2H3,(H2,17,18). The van der Waals surface area contributed by atoms with E-state index in [1.54, 1.807) is 23.9 Å². The highest BCUT2D eigenvalue weighted by Crippen LogP contribution is 2.26. The topological polar surface area (TPSA) is 52.3 Å². The number of nitrogens with two attached hydrogens (primary N) is 1. The van der Waals surface area contributed by atoms with Crippen LogP contribution in [0.25, 0.3) is 0 Å². The van der Waals surface area contributed by atoms with E-state index in [2.05, 4.69) is 32.0 Å². The zero-order chi connectivity index (χ0) is 14.5. The summed E-state index contributed by atoms with van der Waals surface area (Å²) >= 11 is 1.75. The molecule has 2 rings (SSSR count). The Morgan fingerprint density at radius 2 is 1.85 bits per heavy atom. The molecular formula is C16H17NO2S. The number of hydrogen-bond acceptors (Lipinski definition) is 3. The van der Waals surface area contributed by atoms with Crippen LogP contribution < -0.4 is 10.5 Å². The normalized spacial score (nSPS) is 10.3. The third-order valence-electron chi connectivity index (χ3n) is 2.93. The first-order chi connectivity index (χ1) is 9.54. The Morgan fingerprint density at radius 1 is 1.15 bits per heavy atom. The van der Waals surface area contributed by atoms with Crippen LogP contribution in [-0.4, -0.2) is 6.09 Å². The summed E-state index contributed by atoms with van der Waals surface area (Å²) in [6, 6.07) is 13.8. The summed E-state index contributed by atoms with van der Waals surface area (Å²) in [5.74, 6) is 1.38. The molecule has 2 aromatic rings. The minimum atomic E-state index is -0.791. The number of primary amides is 1. The van der Waals surface area contributed by atoms with Gasteiger partial charge in [0.1, 0.15) is 5.75 Å². The summed E-state index contributed by atoms with van der Waals surface area (Å²) in [6.45, 7) is 4.23. The van der Waals surface area contributed by atoms with E-state index < -0.39 is 6.09 Å². The van der Waals surface area contributed by atoms with Crippen LogP contribution in [0.4, 0.5) is 4.79 Å². The highest BCUT2D eigenvalue weighted by molar-refractivity contribution is 7.98. The lowest BCUT2D eigenvalue weighted by Crippen LogP contribution is -2.16. The van der Waals surface area contributed by atoms with Gasteiger partial charge in [0, 0.05) is 10.6 Å². The van der Waals surface area contributed by atoms with Crippen molar-refractivity contribution in [1.82, 2.24) is 0 Å². The van der Waals surface area contributed by atoms with Crippen molar-refractivity contribution in [2.45, 2.75) is 24.5 Å². The van der Waals surface area contributed by atoms with Gasteiger partial charge in [-0.3, -0.25) is 0 Å². The van der Waals surface area contributed by atoms with Gasteiger partial charge in [-0.15, -0.1) is 11.8 Å². The van der Waals surface area contributed by atoms with Gasteiger partial charge in [0.2, 0.25) is 0 Å². The Balaban J connectivity index is 1.98. The highest BCUT2D eigenvalue weighted by atomic mass is 32.2. The van der Waals surface area contributed by atoms with Crippen LogP contribution in [0.1, 0.15) is 16.7 Å². The van der Waals surface area contributed by atoms with Crippen LogP contribution in [0.5, 0.6) is 5.75 Å². The fourth-order valence-electron chi connectivity index (χ4n) is 1.89. The number of benzene rings is 2. The van der Waals surface area contributed by atoms with Crippen molar-refractivity contribution in [3.8, 4) is 5.75 Å². The SMILES string of the molecule is Cc1ccc(CSc2ccc(OC(N)=O)cc2)c(C)c1. The highest BCUT2D eigenvalue weighted by Gasteiger charge is 2.02. The molecule has 1 amide bonds. The van der Waals surface area contributed by atoms with Crippen molar-refractivity contribution >= 4 is 17.9 Å². The molecule has 0 saturated carbocycles. The number of carbonyl (C=O) groups is 1. The third kappa shape index (κ3) is 4.03. The Bertz CT molecular complexity index is 608. The van der Waals surface area contributed by atoms with Gasteiger partial charge < -0.3 is 10.5 Å². The molecule has 0 aliphatic carbocycles. The minimum Gasteiger partial charge on any atom is -0.411 e. The summed E-state index contributed by atoms with van der Waals surface area (Å²) in [4.78, 5) is 11.8. The predicted molar refractivity (Wildman–Crippen MR) is 82.1 cm³/mol. The van der Waals surface area contributed by atoms with Crippen molar-refractivity contribution in [3.05, 3.63) is 59.2 Å². The van der Waals surface area contributed by atoms with Gasteiger partial charge in [-0.05, 0) is 49.2 Å². The Morgan fingerprint density at radius 3 is 2.45 bits per heavy atom. The van der Waals surface area contributed by atoms with E-state index in [-0.39, 0.29) is 0 Å². The molecule has 0 fully saturated rings. The van der Waals surface area contributed by atoms with Gasteiger partial charge in [-0.1, -0.05) is 23.8 Å². The van der Waals surface area contributed by atoms with E-state index in [0.717, 1.165) is 10.6 Å². The van der Waals surface area contributed by atoms with E-state index in [0.29, 0.717) is 5.75 Å². The fraction of sp³-hybridized carbons (Fsp3) is 0.188. The zero-order valence-electron chi connectivity index (χ0n) is 11.6. The van der Waals surface area contributed by atoms with Crippen LogP contribution in [0.3, 0.4) is 0 Å². The van der Waals surface area contributed by atoms with Gasteiger partial charge in [0.05, 0.1) is 0 Å². The molecule has 0 aliphatic rings. The van der Waals surface area contributed by atoms with E-state index in [9.17, 15) is 4.79 Å². The summed E-state index contributed by atoms with van der Waals surface area (Å²) in [5.41, 5.74) is 8.88. The van der Waals surface area contributed by atoms with E-state index in [1.165, 1.54) is 16.7 Å². The molecule has 0 aromatic heterocycles. The number of thioether (sulfide) groups is 1. The lowest BCUT2D eigenvalue weighted by Gasteiger charge is -2.07. The molecule has 0 aliphatic heterocycles. The molecule has 2 N–H and O–H groups in total. The second kappa shape index (κ2) is 6.48. The number of amides is 1. The first-order valence-electron chi connectivity index (χ1n) is 6.31. The van der Waals surface area contributed by atoms with Crippen molar-refractivity contribution in [2.24, 2.45) is 5.73 Å². The van der Waals surface area contributed by atoms with Crippen molar-refractivity contribution in [1.29, 1.82) is 0 Å². The molecule has 2 aromatic carbocycles. The lowest BCUT2D eigenvalue weighted by molar-refractivity contribution is 0.211. The molecule has 0 bridgehead atoms. The molecule has 0 unspecified atom stereocenters. The average Bonchev–Trinajstić information content (AvgIpc) is 2.39. The lowest BCUT2D eigenvalue weighted by atomic mass is 10.1. The Kier molecular flexibility index (Phi) is 4.69. The van der Waals surface area contributed by atoms with Crippen LogP contribution in [-0.2, 0) is 5.75 Å².